The molecule has 1 aromatic heterocycles. The van der Waals surface area contributed by atoms with Gasteiger partial charge in [0.25, 0.3) is 5.91 Å². The fourth-order valence-corrected chi connectivity index (χ4v) is 4.26. The highest BCUT2D eigenvalue weighted by Crippen LogP contribution is 2.34. The van der Waals surface area contributed by atoms with E-state index < -0.39 is 5.97 Å². The standard InChI is InChI=1S/C21H27N3O3S2/c1-6-7-8-14-9-11-15(12-10-14)22-21(28)23-18-16(20(26)27-5)13(2)17(29-18)19(25)24(3)4/h9-12H,6-8H2,1-5H3,(H2,22,23,28). The third kappa shape index (κ3) is 5.77. The van der Waals surface area contributed by atoms with Gasteiger partial charge in [-0.05, 0) is 55.2 Å². The number of nitrogens with zero attached hydrogens (tertiary/aromatic N) is 1. The molecule has 0 bridgehead atoms. The molecule has 0 spiro atoms. The number of amides is 1. The van der Waals surface area contributed by atoms with Crippen LogP contribution in [0.25, 0.3) is 0 Å². The summed E-state index contributed by atoms with van der Waals surface area (Å²) in [5.41, 5.74) is 3.03. The van der Waals surface area contributed by atoms with Crippen LogP contribution in [-0.4, -0.2) is 43.1 Å². The van der Waals surface area contributed by atoms with Crippen LogP contribution in [0.2, 0.25) is 0 Å². The van der Waals surface area contributed by atoms with Crippen LogP contribution in [0.4, 0.5) is 10.7 Å². The molecule has 8 heteroatoms. The number of thiocarbonyl (C=S) groups is 1. The second-order valence-corrected chi connectivity index (χ2v) is 8.26. The molecule has 1 heterocycles. The van der Waals surface area contributed by atoms with E-state index in [1.807, 2.05) is 12.1 Å². The molecule has 1 amide bonds. The molecule has 0 saturated carbocycles. The summed E-state index contributed by atoms with van der Waals surface area (Å²) in [5.74, 6) is -0.686. The van der Waals surface area contributed by atoms with Crippen LogP contribution >= 0.6 is 23.6 Å². The van der Waals surface area contributed by atoms with Crippen molar-refractivity contribution in [3.05, 3.63) is 45.8 Å². The predicted molar refractivity (Wildman–Crippen MR) is 123 cm³/mol. The highest BCUT2D eigenvalue weighted by atomic mass is 32.1. The Morgan fingerprint density at radius 3 is 2.38 bits per heavy atom. The lowest BCUT2D eigenvalue weighted by atomic mass is 10.1. The molecule has 156 valence electrons. The number of unbranched alkanes of at least 4 members (excludes halogenated alkanes) is 1. The van der Waals surface area contributed by atoms with Gasteiger partial charge in [0.2, 0.25) is 0 Å². The molecular formula is C21H27N3O3S2. The highest BCUT2D eigenvalue weighted by molar-refractivity contribution is 7.80. The number of rotatable bonds is 7. The van der Waals surface area contributed by atoms with Gasteiger partial charge in [0.1, 0.15) is 5.00 Å². The van der Waals surface area contributed by atoms with Gasteiger partial charge in [-0.15, -0.1) is 11.3 Å². The molecule has 2 aromatic rings. The lowest BCUT2D eigenvalue weighted by Crippen LogP contribution is -2.21. The van der Waals surface area contributed by atoms with Gasteiger partial charge in [0.05, 0.1) is 17.6 Å². The van der Waals surface area contributed by atoms with Crippen molar-refractivity contribution in [1.82, 2.24) is 4.90 Å². The first kappa shape index (κ1) is 22.8. The van der Waals surface area contributed by atoms with Crippen LogP contribution in [0, 0.1) is 6.92 Å². The molecule has 0 aliphatic carbocycles. The number of nitrogens with one attached hydrogen (secondary N) is 2. The number of ether oxygens (including phenoxy) is 1. The van der Waals surface area contributed by atoms with Gasteiger partial charge in [0, 0.05) is 19.8 Å². The van der Waals surface area contributed by atoms with Gasteiger partial charge in [0.15, 0.2) is 5.11 Å². The number of carbonyl (C=O) groups is 2. The minimum atomic E-state index is -0.512. The zero-order chi connectivity index (χ0) is 21.6. The minimum absolute atomic E-state index is 0.174. The Balaban J connectivity index is 2.19. The third-order valence-corrected chi connectivity index (χ3v) is 5.79. The summed E-state index contributed by atoms with van der Waals surface area (Å²) in [7, 11) is 4.65. The van der Waals surface area contributed by atoms with E-state index in [0.29, 0.717) is 26.1 Å². The molecule has 6 nitrogen and oxygen atoms in total. The summed E-state index contributed by atoms with van der Waals surface area (Å²) in [6, 6.07) is 8.09. The summed E-state index contributed by atoms with van der Waals surface area (Å²) >= 11 is 6.60. The molecule has 0 aliphatic heterocycles. The summed E-state index contributed by atoms with van der Waals surface area (Å²) in [4.78, 5) is 26.7. The van der Waals surface area contributed by atoms with Gasteiger partial charge in [-0.1, -0.05) is 25.5 Å². The van der Waals surface area contributed by atoms with E-state index in [0.717, 1.165) is 24.9 Å². The molecule has 0 fully saturated rings. The number of methoxy groups -OCH3 is 1. The number of hydrogen-bond donors (Lipinski definition) is 2. The Bertz CT molecular complexity index is 889. The molecule has 2 N–H and O–H groups in total. The van der Waals surface area contributed by atoms with E-state index >= 15 is 0 Å². The van der Waals surface area contributed by atoms with Crippen molar-refractivity contribution in [3.63, 3.8) is 0 Å². The van der Waals surface area contributed by atoms with E-state index in [4.69, 9.17) is 17.0 Å². The van der Waals surface area contributed by atoms with Crippen LogP contribution < -0.4 is 10.6 Å². The lowest BCUT2D eigenvalue weighted by molar-refractivity contribution is 0.0601. The van der Waals surface area contributed by atoms with Crippen molar-refractivity contribution in [2.75, 3.05) is 31.8 Å². The van der Waals surface area contributed by atoms with Crippen LogP contribution in [0.5, 0.6) is 0 Å². The zero-order valence-corrected chi connectivity index (χ0v) is 19.1. The van der Waals surface area contributed by atoms with Crippen molar-refractivity contribution in [1.29, 1.82) is 0 Å². The minimum Gasteiger partial charge on any atom is -0.465 e. The summed E-state index contributed by atoms with van der Waals surface area (Å²) in [5, 5.41) is 6.98. The van der Waals surface area contributed by atoms with Crippen molar-refractivity contribution in [2.45, 2.75) is 33.1 Å². The maximum absolute atomic E-state index is 12.4. The van der Waals surface area contributed by atoms with Gasteiger partial charge < -0.3 is 20.3 Å². The maximum Gasteiger partial charge on any atom is 0.341 e. The first-order valence-corrected chi connectivity index (χ1v) is 10.6. The molecule has 0 unspecified atom stereocenters. The monoisotopic (exact) mass is 433 g/mol. The second kappa shape index (κ2) is 10.4. The number of thiophene rings is 1. The number of esters is 1. The highest BCUT2D eigenvalue weighted by Gasteiger charge is 2.26. The number of hydrogen-bond acceptors (Lipinski definition) is 5. The Morgan fingerprint density at radius 1 is 1.17 bits per heavy atom. The Hall–Kier alpha value is -2.45. The average Bonchev–Trinajstić information content (AvgIpc) is 3.01. The van der Waals surface area contributed by atoms with Crippen LogP contribution in [-0.2, 0) is 11.2 Å². The van der Waals surface area contributed by atoms with Gasteiger partial charge in [-0.25, -0.2) is 4.79 Å². The van der Waals surface area contributed by atoms with Crippen molar-refractivity contribution in [3.8, 4) is 0 Å². The number of carbonyl (C=O) groups excluding carboxylic acids is 2. The van der Waals surface area contributed by atoms with Crippen molar-refractivity contribution < 1.29 is 14.3 Å². The lowest BCUT2D eigenvalue weighted by Gasteiger charge is -2.11. The first-order chi connectivity index (χ1) is 13.8. The van der Waals surface area contributed by atoms with Gasteiger partial charge >= 0.3 is 5.97 Å². The largest absolute Gasteiger partial charge is 0.465 e. The Morgan fingerprint density at radius 2 is 1.83 bits per heavy atom. The first-order valence-electron chi connectivity index (χ1n) is 9.38. The normalized spacial score (nSPS) is 10.4. The molecule has 29 heavy (non-hydrogen) atoms. The Labute approximate surface area is 181 Å². The van der Waals surface area contributed by atoms with E-state index in [9.17, 15) is 9.59 Å². The second-order valence-electron chi connectivity index (χ2n) is 6.83. The van der Waals surface area contributed by atoms with Gasteiger partial charge in [-0.2, -0.15) is 0 Å². The van der Waals surface area contributed by atoms with Gasteiger partial charge in [-0.3, -0.25) is 4.79 Å². The van der Waals surface area contributed by atoms with E-state index in [-0.39, 0.29) is 5.91 Å². The number of anilines is 2. The maximum atomic E-state index is 12.4. The molecule has 0 aliphatic rings. The Kier molecular flexibility index (Phi) is 8.16. The smallest absolute Gasteiger partial charge is 0.341 e. The molecule has 1 aromatic carbocycles. The fourth-order valence-electron chi connectivity index (χ4n) is 2.76. The van der Waals surface area contributed by atoms with E-state index in [2.05, 4.69) is 29.7 Å². The zero-order valence-electron chi connectivity index (χ0n) is 17.4. The molecule has 2 rings (SSSR count). The molecule has 0 atom stereocenters. The van der Waals surface area contributed by atoms with Crippen LogP contribution in [0.15, 0.2) is 24.3 Å². The quantitative estimate of drug-likeness (QED) is 0.487. The topological polar surface area (TPSA) is 70.7 Å². The fraction of sp³-hybridized carbons (Fsp3) is 0.381. The van der Waals surface area contributed by atoms with Crippen LogP contribution in [0.3, 0.4) is 0 Å². The molecule has 0 saturated heterocycles. The van der Waals surface area contributed by atoms with E-state index in [1.54, 1.807) is 21.0 Å². The SMILES string of the molecule is CCCCc1ccc(NC(=S)Nc2sc(C(=O)N(C)C)c(C)c2C(=O)OC)cc1. The van der Waals surface area contributed by atoms with Crippen molar-refractivity contribution in [2.24, 2.45) is 0 Å². The summed E-state index contributed by atoms with van der Waals surface area (Å²) in [6.45, 7) is 3.91. The summed E-state index contributed by atoms with van der Waals surface area (Å²) in [6.07, 6.45) is 3.38. The molecular weight excluding hydrogens is 406 g/mol. The summed E-state index contributed by atoms with van der Waals surface area (Å²) < 4.78 is 4.90. The number of benzene rings is 1. The predicted octanol–water partition coefficient (Wildman–Crippen LogP) is 4.70. The van der Waals surface area contributed by atoms with E-state index in [1.165, 1.54) is 28.9 Å². The number of aryl methyl sites for hydroxylation is 1. The average molecular weight is 434 g/mol. The third-order valence-electron chi connectivity index (χ3n) is 4.39. The van der Waals surface area contributed by atoms with Crippen LogP contribution in [0.1, 0.15) is 50.9 Å². The molecule has 0 radical (unpaired) electrons. The van der Waals surface area contributed by atoms with Crippen molar-refractivity contribution >= 4 is 51.2 Å².